The van der Waals surface area contributed by atoms with Gasteiger partial charge in [-0.25, -0.2) is 9.97 Å². The fourth-order valence-corrected chi connectivity index (χ4v) is 2.64. The predicted octanol–water partition coefficient (Wildman–Crippen LogP) is 2.82. The first-order chi connectivity index (χ1) is 12.1. The molecule has 0 bridgehead atoms. The summed E-state index contributed by atoms with van der Waals surface area (Å²) in [5.41, 5.74) is 0.916. The number of pyridine rings is 3. The van der Waals surface area contributed by atoms with Gasteiger partial charge < -0.3 is 20.4 Å². The van der Waals surface area contributed by atoms with Gasteiger partial charge in [-0.1, -0.05) is 0 Å². The van der Waals surface area contributed by atoms with Crippen LogP contribution >= 0.6 is 0 Å². The highest BCUT2D eigenvalue weighted by Crippen LogP contribution is 2.24. The molecule has 7 nitrogen and oxygen atoms in total. The summed E-state index contributed by atoms with van der Waals surface area (Å²) >= 11 is 0. The zero-order valence-electron chi connectivity index (χ0n) is 14.5. The van der Waals surface area contributed by atoms with Crippen molar-refractivity contribution in [2.45, 2.75) is 19.9 Å². The summed E-state index contributed by atoms with van der Waals surface area (Å²) in [7, 11) is 1.64. The van der Waals surface area contributed by atoms with E-state index < -0.39 is 0 Å². The molecule has 0 aliphatic heterocycles. The van der Waals surface area contributed by atoms with Crippen molar-refractivity contribution in [2.24, 2.45) is 0 Å². The van der Waals surface area contributed by atoms with Crippen LogP contribution in [0.1, 0.15) is 12.5 Å². The summed E-state index contributed by atoms with van der Waals surface area (Å²) in [5.74, 6) is 1.83. The second kappa shape index (κ2) is 7.31. The molecule has 1 atom stereocenters. The van der Waals surface area contributed by atoms with Crippen molar-refractivity contribution >= 4 is 28.2 Å². The highest BCUT2D eigenvalue weighted by Gasteiger charge is 2.12. The van der Waals surface area contributed by atoms with Crippen LogP contribution in [0.15, 0.2) is 41.5 Å². The number of nitrogens with zero attached hydrogens (tertiary/aromatic N) is 2. The van der Waals surface area contributed by atoms with Gasteiger partial charge in [-0.3, -0.25) is 4.79 Å². The van der Waals surface area contributed by atoms with Crippen LogP contribution in [0.5, 0.6) is 0 Å². The Morgan fingerprint density at radius 1 is 1.28 bits per heavy atom. The van der Waals surface area contributed by atoms with Crippen LogP contribution in [0.25, 0.3) is 10.8 Å². The molecule has 3 heterocycles. The number of fused-ring (bicyclic) bond motifs is 1. The standard InChI is InChI=1S/C18H21N5O2/c1-11-4-6-19-14(8-11)22-15-9-13-5-7-20-18(24)16(13)17(23-15)21-12(2)10-25-3/h4-9,12H,10H2,1-3H3,(H,20,24)(H2,19,21,22,23)/t12-/m0/s1. The van der Waals surface area contributed by atoms with Crippen molar-refractivity contribution in [3.63, 3.8) is 0 Å². The maximum absolute atomic E-state index is 12.3. The van der Waals surface area contributed by atoms with Gasteiger partial charge in [0.05, 0.1) is 12.0 Å². The molecule has 25 heavy (non-hydrogen) atoms. The molecule has 7 heteroatoms. The van der Waals surface area contributed by atoms with Gasteiger partial charge in [0, 0.05) is 25.5 Å². The minimum Gasteiger partial charge on any atom is -0.383 e. The van der Waals surface area contributed by atoms with Crippen LogP contribution in [-0.4, -0.2) is 34.7 Å². The topological polar surface area (TPSA) is 91.9 Å². The fraction of sp³-hybridized carbons (Fsp3) is 0.278. The van der Waals surface area contributed by atoms with E-state index in [1.165, 1.54) is 0 Å². The summed E-state index contributed by atoms with van der Waals surface area (Å²) < 4.78 is 5.16. The lowest BCUT2D eigenvalue weighted by Gasteiger charge is -2.16. The smallest absolute Gasteiger partial charge is 0.259 e. The molecular formula is C18H21N5O2. The number of aromatic nitrogens is 3. The van der Waals surface area contributed by atoms with E-state index in [2.05, 4.69) is 25.6 Å². The highest BCUT2D eigenvalue weighted by molar-refractivity contribution is 5.93. The number of aryl methyl sites for hydroxylation is 1. The van der Waals surface area contributed by atoms with E-state index in [9.17, 15) is 4.79 Å². The van der Waals surface area contributed by atoms with Gasteiger partial charge in [-0.2, -0.15) is 0 Å². The van der Waals surface area contributed by atoms with Crippen molar-refractivity contribution < 1.29 is 4.74 Å². The van der Waals surface area contributed by atoms with E-state index >= 15 is 0 Å². The predicted molar refractivity (Wildman–Crippen MR) is 99.6 cm³/mol. The van der Waals surface area contributed by atoms with Crippen molar-refractivity contribution in [2.75, 3.05) is 24.4 Å². The molecule has 0 spiro atoms. The van der Waals surface area contributed by atoms with Crippen LogP contribution < -0.4 is 16.2 Å². The fourth-order valence-electron chi connectivity index (χ4n) is 2.64. The number of rotatable bonds is 6. The van der Waals surface area contributed by atoms with Gasteiger partial charge in [0.2, 0.25) is 0 Å². The lowest BCUT2D eigenvalue weighted by atomic mass is 10.2. The van der Waals surface area contributed by atoms with E-state index in [0.29, 0.717) is 29.4 Å². The summed E-state index contributed by atoms with van der Waals surface area (Å²) in [6.45, 7) is 4.47. The van der Waals surface area contributed by atoms with Crippen LogP contribution in [0.4, 0.5) is 17.5 Å². The second-order valence-corrected chi connectivity index (χ2v) is 5.97. The van der Waals surface area contributed by atoms with Gasteiger partial charge >= 0.3 is 0 Å². The zero-order chi connectivity index (χ0) is 17.8. The molecule has 3 aromatic heterocycles. The molecule has 3 N–H and O–H groups in total. The largest absolute Gasteiger partial charge is 0.383 e. The Bertz CT molecular complexity index is 938. The molecule has 0 fully saturated rings. The maximum Gasteiger partial charge on any atom is 0.259 e. The van der Waals surface area contributed by atoms with E-state index in [1.54, 1.807) is 19.5 Å². The van der Waals surface area contributed by atoms with Crippen molar-refractivity contribution in [3.8, 4) is 0 Å². The van der Waals surface area contributed by atoms with E-state index in [1.807, 2.05) is 38.1 Å². The summed E-state index contributed by atoms with van der Waals surface area (Å²) in [6, 6.07) is 7.55. The molecule has 0 saturated heterocycles. The minimum atomic E-state index is -0.183. The summed E-state index contributed by atoms with van der Waals surface area (Å²) in [6.07, 6.45) is 3.37. The van der Waals surface area contributed by atoms with Crippen LogP contribution in [0, 0.1) is 6.92 Å². The van der Waals surface area contributed by atoms with Gasteiger partial charge in [0.25, 0.3) is 5.56 Å². The molecule has 3 aromatic rings. The van der Waals surface area contributed by atoms with Crippen molar-refractivity contribution in [3.05, 3.63) is 52.6 Å². The summed E-state index contributed by atoms with van der Waals surface area (Å²) in [5, 5.41) is 7.76. The number of hydrogen-bond acceptors (Lipinski definition) is 6. The number of ether oxygens (including phenoxy) is 1. The number of hydrogen-bond donors (Lipinski definition) is 3. The molecule has 0 aromatic carbocycles. The third-order valence-corrected chi connectivity index (χ3v) is 3.73. The summed E-state index contributed by atoms with van der Waals surface area (Å²) in [4.78, 5) is 23.8. The van der Waals surface area contributed by atoms with Crippen molar-refractivity contribution in [1.82, 2.24) is 15.0 Å². The lowest BCUT2D eigenvalue weighted by molar-refractivity contribution is 0.190. The normalized spacial score (nSPS) is 12.1. The molecular weight excluding hydrogens is 318 g/mol. The number of anilines is 3. The van der Waals surface area contributed by atoms with E-state index in [0.717, 1.165) is 10.9 Å². The van der Waals surface area contributed by atoms with Crippen LogP contribution in [-0.2, 0) is 4.74 Å². The first-order valence-corrected chi connectivity index (χ1v) is 8.04. The van der Waals surface area contributed by atoms with Crippen molar-refractivity contribution in [1.29, 1.82) is 0 Å². The Kier molecular flexibility index (Phi) is 4.95. The van der Waals surface area contributed by atoms with Crippen LogP contribution in [0.3, 0.4) is 0 Å². The molecule has 0 amide bonds. The zero-order valence-corrected chi connectivity index (χ0v) is 14.5. The molecule has 0 saturated carbocycles. The molecule has 0 aliphatic carbocycles. The maximum atomic E-state index is 12.3. The lowest BCUT2D eigenvalue weighted by Crippen LogP contribution is -2.23. The van der Waals surface area contributed by atoms with Gasteiger partial charge in [0.1, 0.15) is 17.5 Å². The molecule has 0 unspecified atom stereocenters. The first-order valence-electron chi connectivity index (χ1n) is 8.04. The molecule has 0 aliphatic rings. The van der Waals surface area contributed by atoms with E-state index in [4.69, 9.17) is 4.74 Å². The monoisotopic (exact) mass is 339 g/mol. The van der Waals surface area contributed by atoms with Gasteiger partial charge in [-0.05, 0) is 49.1 Å². The third-order valence-electron chi connectivity index (χ3n) is 3.73. The second-order valence-electron chi connectivity index (χ2n) is 5.97. The molecule has 3 rings (SSSR count). The number of aromatic amines is 1. The number of methoxy groups -OCH3 is 1. The first kappa shape index (κ1) is 16.9. The third kappa shape index (κ3) is 3.95. The Hall–Kier alpha value is -2.93. The SMILES string of the molecule is COC[C@H](C)Nc1nc(Nc2cc(C)ccn2)cc2cc[nH]c(=O)c12. The molecule has 0 radical (unpaired) electrons. The number of H-pyrrole nitrogens is 1. The molecule has 130 valence electrons. The highest BCUT2D eigenvalue weighted by atomic mass is 16.5. The van der Waals surface area contributed by atoms with E-state index in [-0.39, 0.29) is 11.6 Å². The van der Waals surface area contributed by atoms with Gasteiger partial charge in [-0.15, -0.1) is 0 Å². The Morgan fingerprint density at radius 3 is 2.88 bits per heavy atom. The number of nitrogens with one attached hydrogen (secondary N) is 3. The Morgan fingerprint density at radius 2 is 2.12 bits per heavy atom. The van der Waals surface area contributed by atoms with Crippen LogP contribution in [0.2, 0.25) is 0 Å². The minimum absolute atomic E-state index is 0.00708. The Labute approximate surface area is 145 Å². The Balaban J connectivity index is 2.03. The quantitative estimate of drug-likeness (QED) is 0.639. The van der Waals surface area contributed by atoms with Gasteiger partial charge in [0.15, 0.2) is 0 Å². The average Bonchev–Trinajstić information content (AvgIpc) is 2.55. The average molecular weight is 339 g/mol.